The second-order valence-corrected chi connectivity index (χ2v) is 11.1. The molecule has 13 nitrogen and oxygen atoms in total. The fourth-order valence-corrected chi connectivity index (χ4v) is 5.28. The van der Waals surface area contributed by atoms with E-state index in [4.69, 9.17) is 5.73 Å². The van der Waals surface area contributed by atoms with E-state index in [2.05, 4.69) is 15.3 Å². The molecule has 0 saturated heterocycles. The minimum Gasteiger partial charge on any atom is -0.334 e. The Kier molecular flexibility index (Phi) is 12.2. The molecule has 6 aromatic rings. The van der Waals surface area contributed by atoms with Crippen LogP contribution < -0.4 is 16.0 Å². The number of aromatic nitrogens is 2. The zero-order valence-electron chi connectivity index (χ0n) is 27.7. The number of rotatable bonds is 13. The lowest BCUT2D eigenvalue weighted by atomic mass is 10.0. The number of nitrogens with one attached hydrogen (secondary N) is 1. The Bertz CT molecular complexity index is 2180. The number of pyridine rings is 2. The number of nitro groups is 2. The Balaban J connectivity index is 0.000000203. The molecule has 0 bridgehead atoms. The summed E-state index contributed by atoms with van der Waals surface area (Å²) in [5.74, 6) is -0.0464. The first-order valence-electron chi connectivity index (χ1n) is 16.1. The van der Waals surface area contributed by atoms with Crippen LogP contribution in [0.25, 0.3) is 0 Å². The number of nitrogens with zero attached hydrogens (tertiary/aromatic N) is 5. The Morgan fingerprint density at radius 2 is 1.15 bits per heavy atom. The molecule has 260 valence electrons. The first kappa shape index (κ1) is 36.2. The third kappa shape index (κ3) is 8.72. The number of anilines is 4. The molecule has 4 aromatic carbocycles. The van der Waals surface area contributed by atoms with Crippen molar-refractivity contribution in [2.75, 3.05) is 23.3 Å². The van der Waals surface area contributed by atoms with Gasteiger partial charge in [0.25, 0.3) is 0 Å². The molecule has 0 unspecified atom stereocenters. The van der Waals surface area contributed by atoms with Gasteiger partial charge in [0.15, 0.2) is 11.6 Å². The fraction of sp³-hybridized carbons (Fsp3) is 0.0769. The van der Waals surface area contributed by atoms with Gasteiger partial charge in [0.2, 0.25) is 11.6 Å². The number of hydrogen-bond acceptors (Lipinski definition) is 11. The fourth-order valence-electron chi connectivity index (χ4n) is 5.28. The Morgan fingerprint density at radius 3 is 1.77 bits per heavy atom. The van der Waals surface area contributed by atoms with Crippen LogP contribution in [0.2, 0.25) is 0 Å². The lowest BCUT2D eigenvalue weighted by molar-refractivity contribution is -0.384. The van der Waals surface area contributed by atoms with Gasteiger partial charge in [-0.05, 0) is 49.4 Å². The van der Waals surface area contributed by atoms with Crippen molar-refractivity contribution in [2.45, 2.75) is 6.42 Å². The van der Waals surface area contributed by atoms with Gasteiger partial charge in [-0.1, -0.05) is 84.9 Å². The zero-order chi connectivity index (χ0) is 36.9. The maximum atomic E-state index is 13.1. The van der Waals surface area contributed by atoms with Crippen molar-refractivity contribution in [1.82, 2.24) is 9.97 Å². The van der Waals surface area contributed by atoms with E-state index >= 15 is 0 Å². The number of ketones is 2. The quantitative estimate of drug-likeness (QED) is 0.0685. The summed E-state index contributed by atoms with van der Waals surface area (Å²) < 4.78 is 0. The van der Waals surface area contributed by atoms with Crippen molar-refractivity contribution in [3.05, 3.63) is 188 Å². The molecule has 0 saturated carbocycles. The van der Waals surface area contributed by atoms with Gasteiger partial charge in [-0.15, -0.1) is 0 Å². The molecule has 0 aliphatic carbocycles. The topological polar surface area (TPSA) is 187 Å². The highest BCUT2D eigenvalue weighted by molar-refractivity contribution is 6.13. The number of hydrogen-bond donors (Lipinski definition) is 2. The number of carbonyl (C=O) groups excluding carboxylic acids is 2. The number of carbonyl (C=O) groups is 2. The molecule has 0 fully saturated rings. The molecule has 0 spiro atoms. The largest absolute Gasteiger partial charge is 0.334 e. The van der Waals surface area contributed by atoms with E-state index in [1.807, 2.05) is 12.1 Å². The normalized spacial score (nSPS) is 10.3. The van der Waals surface area contributed by atoms with Gasteiger partial charge >= 0.3 is 11.4 Å². The summed E-state index contributed by atoms with van der Waals surface area (Å²) in [4.78, 5) is 57.3. The van der Waals surface area contributed by atoms with Crippen LogP contribution in [-0.4, -0.2) is 44.5 Å². The molecule has 0 radical (unpaired) electrons. The van der Waals surface area contributed by atoms with Gasteiger partial charge in [0.1, 0.15) is 0 Å². The molecule has 0 amide bonds. The van der Waals surface area contributed by atoms with Crippen molar-refractivity contribution in [3.63, 3.8) is 0 Å². The summed E-state index contributed by atoms with van der Waals surface area (Å²) in [6.45, 7) is 0.805. The highest BCUT2D eigenvalue weighted by Gasteiger charge is 2.25. The Labute approximate surface area is 298 Å². The molecule has 0 aliphatic heterocycles. The lowest BCUT2D eigenvalue weighted by Gasteiger charge is -2.25. The first-order valence-corrected chi connectivity index (χ1v) is 16.1. The standard InChI is InChI=1S/C21H20N4O3.C18H13N3O3/c22-13-7-15-24(21-19(25(27)28)12-6-14-23-21)18-11-5-4-10-17(18)20(26)16-8-2-1-3-9-16;22-17(13-7-2-1-3-8-13)14-9-4-5-10-15(14)20-18-16(21(23)24)11-6-12-19-18/h1-6,8-12,14H,7,13,15,22H2;1-12H,(H,19,20). The van der Waals surface area contributed by atoms with Gasteiger partial charge in [0, 0.05) is 53.3 Å². The first-order chi connectivity index (χ1) is 25.3. The van der Waals surface area contributed by atoms with Crippen LogP contribution in [0.4, 0.5) is 34.4 Å². The summed E-state index contributed by atoms with van der Waals surface area (Å²) in [5, 5.41) is 25.5. The smallest absolute Gasteiger partial charge is 0.311 e. The van der Waals surface area contributed by atoms with Crippen LogP contribution >= 0.6 is 0 Å². The summed E-state index contributed by atoms with van der Waals surface area (Å²) in [5.41, 5.74) is 8.38. The molecule has 0 aliphatic rings. The molecule has 2 aromatic heterocycles. The monoisotopic (exact) mass is 695 g/mol. The van der Waals surface area contributed by atoms with Gasteiger partial charge < -0.3 is 16.0 Å². The molecule has 3 N–H and O–H groups in total. The van der Waals surface area contributed by atoms with Crippen LogP contribution in [0.1, 0.15) is 38.3 Å². The van der Waals surface area contributed by atoms with Crippen LogP contribution in [0.3, 0.4) is 0 Å². The number of nitrogens with two attached hydrogens (primary N) is 1. The third-order valence-electron chi connectivity index (χ3n) is 7.72. The van der Waals surface area contributed by atoms with Crippen molar-refractivity contribution in [2.24, 2.45) is 5.73 Å². The van der Waals surface area contributed by atoms with Crippen LogP contribution in [-0.2, 0) is 0 Å². The third-order valence-corrected chi connectivity index (χ3v) is 7.72. The highest BCUT2D eigenvalue weighted by atomic mass is 16.6. The molecule has 13 heteroatoms. The molecular formula is C39H33N7O6. The maximum Gasteiger partial charge on any atom is 0.311 e. The Morgan fingerprint density at radius 1 is 0.635 bits per heavy atom. The van der Waals surface area contributed by atoms with Crippen LogP contribution in [0, 0.1) is 20.2 Å². The van der Waals surface area contributed by atoms with Gasteiger partial charge in [-0.25, -0.2) is 9.97 Å². The Hall–Kier alpha value is -7.12. The molecule has 6 rings (SSSR count). The van der Waals surface area contributed by atoms with E-state index in [1.165, 1.54) is 36.7 Å². The van der Waals surface area contributed by atoms with Crippen molar-refractivity contribution in [1.29, 1.82) is 0 Å². The van der Waals surface area contributed by atoms with E-state index in [9.17, 15) is 29.8 Å². The van der Waals surface area contributed by atoms with Crippen molar-refractivity contribution < 1.29 is 19.4 Å². The molecule has 2 heterocycles. The van der Waals surface area contributed by atoms with Crippen LogP contribution in [0.5, 0.6) is 0 Å². The maximum absolute atomic E-state index is 13.1. The number of para-hydroxylation sites is 2. The van der Waals surface area contributed by atoms with Gasteiger partial charge in [-0.2, -0.15) is 0 Å². The van der Waals surface area contributed by atoms with Crippen molar-refractivity contribution in [3.8, 4) is 0 Å². The summed E-state index contributed by atoms with van der Waals surface area (Å²) in [6.07, 6.45) is 3.54. The summed E-state index contributed by atoms with van der Waals surface area (Å²) in [6, 6.07) is 37.4. The van der Waals surface area contributed by atoms with Crippen molar-refractivity contribution >= 4 is 46.0 Å². The second kappa shape index (κ2) is 17.5. The van der Waals surface area contributed by atoms with E-state index in [1.54, 1.807) is 102 Å². The van der Waals surface area contributed by atoms with E-state index in [0.717, 1.165) is 0 Å². The van der Waals surface area contributed by atoms with Gasteiger partial charge in [-0.3, -0.25) is 29.8 Å². The molecular weight excluding hydrogens is 662 g/mol. The second-order valence-electron chi connectivity index (χ2n) is 11.1. The summed E-state index contributed by atoms with van der Waals surface area (Å²) in [7, 11) is 0. The minimum atomic E-state index is -0.517. The van der Waals surface area contributed by atoms with E-state index < -0.39 is 9.85 Å². The van der Waals surface area contributed by atoms with Crippen LogP contribution in [0.15, 0.2) is 146 Å². The average Bonchev–Trinajstić information content (AvgIpc) is 3.19. The zero-order valence-corrected chi connectivity index (χ0v) is 27.7. The predicted octanol–water partition coefficient (Wildman–Crippen LogP) is 7.67. The molecule has 52 heavy (non-hydrogen) atoms. The SMILES string of the molecule is NCCCN(c1ccccc1C(=O)c1ccccc1)c1ncccc1[N+](=O)[O-].O=C(c1ccccc1)c1ccccc1Nc1ncccc1[N+](=O)[O-]. The predicted molar refractivity (Wildman–Crippen MR) is 198 cm³/mol. The lowest BCUT2D eigenvalue weighted by Crippen LogP contribution is -2.25. The molecule has 0 atom stereocenters. The highest BCUT2D eigenvalue weighted by Crippen LogP contribution is 2.34. The number of benzene rings is 4. The van der Waals surface area contributed by atoms with E-state index in [0.29, 0.717) is 53.1 Å². The summed E-state index contributed by atoms with van der Waals surface area (Å²) >= 11 is 0. The average molecular weight is 696 g/mol. The van der Waals surface area contributed by atoms with E-state index in [-0.39, 0.29) is 34.6 Å². The minimum absolute atomic E-state index is 0.0933. The van der Waals surface area contributed by atoms with Gasteiger partial charge in [0.05, 0.1) is 21.2 Å².